The SMILES string of the molecule is C=N.C=NCc1ccccc1.C=NCc1ccccc1.CC.Cc1ccc(-n2c3ccc(N(c4ccccc4)c4ccccc4)cc3c3cc(N(C4=CCCC=C4)C4CC=CCC4)ccc32)cc1. The first-order valence-corrected chi connectivity index (χ1v) is 23.8. The quantitative estimate of drug-likeness (QED) is 0.104. The highest BCUT2D eigenvalue weighted by Crippen LogP contribution is 2.41. The molecule has 0 aliphatic heterocycles. The summed E-state index contributed by atoms with van der Waals surface area (Å²) >= 11 is 0. The largest absolute Gasteiger partial charge is 0.338 e. The van der Waals surface area contributed by atoms with E-state index in [1.807, 2.05) is 74.5 Å². The number of aromatic nitrogens is 1. The first-order valence-electron chi connectivity index (χ1n) is 23.8. The fourth-order valence-corrected chi connectivity index (χ4v) is 8.65. The Hall–Kier alpha value is -7.83. The van der Waals surface area contributed by atoms with Gasteiger partial charge in [-0.25, -0.2) is 0 Å². The number of nitrogens with one attached hydrogen (secondary N) is 1. The minimum absolute atomic E-state index is 0.448. The van der Waals surface area contributed by atoms with Crippen molar-refractivity contribution < 1.29 is 0 Å². The normalized spacial score (nSPS) is 13.4. The molecule has 344 valence electrons. The smallest absolute Gasteiger partial charge is 0.0632 e. The third-order valence-corrected chi connectivity index (χ3v) is 11.7. The number of hydrogen-bond acceptors (Lipinski definition) is 5. The van der Waals surface area contributed by atoms with E-state index in [1.165, 1.54) is 55.6 Å². The molecule has 6 heteroatoms. The van der Waals surface area contributed by atoms with E-state index < -0.39 is 0 Å². The fourth-order valence-electron chi connectivity index (χ4n) is 8.65. The first kappa shape index (κ1) is 49.6. The third-order valence-electron chi connectivity index (χ3n) is 11.7. The molecule has 8 aromatic rings. The second kappa shape index (κ2) is 26.3. The summed E-state index contributed by atoms with van der Waals surface area (Å²) in [6.07, 6.45) is 17.4. The summed E-state index contributed by atoms with van der Waals surface area (Å²) in [6.45, 7) is 16.9. The van der Waals surface area contributed by atoms with Crippen molar-refractivity contribution in [1.29, 1.82) is 5.41 Å². The van der Waals surface area contributed by atoms with Crippen LogP contribution in [0, 0.1) is 12.3 Å². The molecule has 7 aromatic carbocycles. The predicted octanol–water partition coefficient (Wildman–Crippen LogP) is 16.8. The number of rotatable bonds is 11. The van der Waals surface area contributed by atoms with E-state index in [1.54, 1.807) is 0 Å². The molecule has 1 aromatic heterocycles. The van der Waals surface area contributed by atoms with Crippen LogP contribution in [0.25, 0.3) is 27.5 Å². The Morgan fingerprint density at radius 3 is 1.51 bits per heavy atom. The van der Waals surface area contributed by atoms with Crippen molar-refractivity contribution >= 4 is 64.7 Å². The summed E-state index contributed by atoms with van der Waals surface area (Å²) in [4.78, 5) is 12.5. The van der Waals surface area contributed by atoms with Crippen LogP contribution < -0.4 is 9.80 Å². The number of benzene rings is 7. The molecule has 6 nitrogen and oxygen atoms in total. The molecule has 0 spiro atoms. The minimum atomic E-state index is 0.448. The fraction of sp³-hybridized carbons (Fsp3) is 0.177. The molecule has 2 aliphatic rings. The Bertz CT molecular complexity index is 2780. The molecule has 0 saturated heterocycles. The molecule has 2 aliphatic carbocycles. The molecule has 1 N–H and O–H groups in total. The molecule has 10 rings (SSSR count). The van der Waals surface area contributed by atoms with Gasteiger partial charge in [0.1, 0.15) is 0 Å². The van der Waals surface area contributed by atoms with E-state index in [0.29, 0.717) is 6.04 Å². The average Bonchev–Trinajstić information content (AvgIpc) is 3.73. The summed E-state index contributed by atoms with van der Waals surface area (Å²) in [5, 5.41) is 8.02. The Morgan fingerprint density at radius 1 is 0.544 bits per heavy atom. The molecule has 68 heavy (non-hydrogen) atoms. The summed E-state index contributed by atoms with van der Waals surface area (Å²) in [5.41, 5.74) is 13.3. The second-order valence-corrected chi connectivity index (χ2v) is 16.2. The van der Waals surface area contributed by atoms with Gasteiger partial charge in [-0.15, -0.1) is 0 Å². The number of aliphatic imine (C=N–C) groups is 2. The van der Waals surface area contributed by atoms with Gasteiger partial charge >= 0.3 is 0 Å². The van der Waals surface area contributed by atoms with Gasteiger partial charge in [-0.1, -0.05) is 153 Å². The maximum Gasteiger partial charge on any atom is 0.0632 e. The molecule has 1 unspecified atom stereocenters. The topological polar surface area (TPSA) is 60.0 Å². The van der Waals surface area contributed by atoms with E-state index in [2.05, 4.69) is 203 Å². The number of para-hydroxylation sites is 2. The van der Waals surface area contributed by atoms with Crippen molar-refractivity contribution in [3.05, 3.63) is 235 Å². The van der Waals surface area contributed by atoms with Crippen LogP contribution in [0.4, 0.5) is 22.7 Å². The maximum atomic E-state index is 5.50. The van der Waals surface area contributed by atoms with Crippen molar-refractivity contribution in [2.45, 2.75) is 72.0 Å². The molecule has 0 fully saturated rings. The Morgan fingerprint density at radius 2 is 1.04 bits per heavy atom. The lowest BCUT2D eigenvalue weighted by atomic mass is 9.97. The van der Waals surface area contributed by atoms with Crippen LogP contribution in [0.3, 0.4) is 0 Å². The Kier molecular flexibility index (Phi) is 19.2. The zero-order valence-corrected chi connectivity index (χ0v) is 40.1. The van der Waals surface area contributed by atoms with Gasteiger partial charge in [0.2, 0.25) is 0 Å². The molecule has 0 saturated carbocycles. The van der Waals surface area contributed by atoms with Crippen LogP contribution in [0.2, 0.25) is 0 Å². The minimum Gasteiger partial charge on any atom is -0.338 e. The summed E-state index contributed by atoms with van der Waals surface area (Å²) in [7, 11) is 0. The van der Waals surface area contributed by atoms with E-state index in [0.717, 1.165) is 62.3 Å². The number of allylic oxidation sites excluding steroid dienone is 4. The monoisotopic (exact) mass is 895 g/mol. The molecule has 0 radical (unpaired) electrons. The van der Waals surface area contributed by atoms with Gasteiger partial charge in [-0.05, 0) is 149 Å². The van der Waals surface area contributed by atoms with Crippen LogP contribution in [0.15, 0.2) is 228 Å². The Labute approximate surface area is 405 Å². The third kappa shape index (κ3) is 12.7. The van der Waals surface area contributed by atoms with Gasteiger partial charge in [0.05, 0.1) is 24.1 Å². The highest BCUT2D eigenvalue weighted by molar-refractivity contribution is 6.11. The van der Waals surface area contributed by atoms with E-state index in [4.69, 9.17) is 5.41 Å². The van der Waals surface area contributed by atoms with Gasteiger partial charge in [0.25, 0.3) is 0 Å². The van der Waals surface area contributed by atoms with Crippen LogP contribution in [0.1, 0.15) is 62.6 Å². The number of anilines is 4. The van der Waals surface area contributed by atoms with Crippen molar-refractivity contribution in [3.63, 3.8) is 0 Å². The molecular formula is C62H66N6. The summed E-state index contributed by atoms with van der Waals surface area (Å²) in [5.74, 6) is 0. The lowest BCUT2D eigenvalue weighted by Crippen LogP contribution is -2.35. The zero-order valence-electron chi connectivity index (χ0n) is 40.1. The highest BCUT2D eigenvalue weighted by atomic mass is 15.2. The van der Waals surface area contributed by atoms with Crippen molar-refractivity contribution in [1.82, 2.24) is 4.57 Å². The lowest BCUT2D eigenvalue weighted by Gasteiger charge is -2.36. The van der Waals surface area contributed by atoms with E-state index >= 15 is 0 Å². The van der Waals surface area contributed by atoms with E-state index in [9.17, 15) is 0 Å². The van der Waals surface area contributed by atoms with Gasteiger partial charge < -0.3 is 19.8 Å². The molecular weight excluding hydrogens is 829 g/mol. The van der Waals surface area contributed by atoms with Crippen LogP contribution in [-0.4, -0.2) is 30.8 Å². The van der Waals surface area contributed by atoms with Gasteiger partial charge in [0, 0.05) is 50.9 Å². The first-order chi connectivity index (χ1) is 33.6. The number of aryl methyl sites for hydroxylation is 1. The van der Waals surface area contributed by atoms with Crippen LogP contribution in [0.5, 0.6) is 0 Å². The van der Waals surface area contributed by atoms with E-state index in [-0.39, 0.29) is 0 Å². The molecule has 1 atom stereocenters. The highest BCUT2D eigenvalue weighted by Gasteiger charge is 2.24. The summed E-state index contributed by atoms with van der Waals surface area (Å²) in [6, 6.07) is 65.0. The number of hydrogen-bond donors (Lipinski definition) is 1. The molecule has 1 heterocycles. The standard InChI is InChI=1S/C43H39N3.2C8H9N.C2H6.CH3N/c1-32-22-24-37(25-23-32)46-42-28-26-38(44(33-14-6-2-7-15-33)34-16-8-3-9-17-34)30-40(42)41-31-39(27-29-43(41)46)45(35-18-10-4-11-19-35)36-20-12-5-13-21-36;2*1-9-7-8-5-3-2-4-6-8;2*1-2/h2-4,6-10,12,14-17,20-31,35H,5,11,13,18-19H2,1H3;2*2-6H,1,7H2;1-2H3;2H,1H2. The maximum absolute atomic E-state index is 5.50. The number of nitrogens with zero attached hydrogens (tertiary/aromatic N) is 5. The molecule has 0 amide bonds. The van der Waals surface area contributed by atoms with Crippen molar-refractivity contribution in [3.8, 4) is 5.69 Å². The van der Waals surface area contributed by atoms with Gasteiger partial charge in [0.15, 0.2) is 0 Å². The van der Waals surface area contributed by atoms with Crippen molar-refractivity contribution in [2.75, 3.05) is 9.80 Å². The van der Waals surface area contributed by atoms with Gasteiger partial charge in [-0.2, -0.15) is 0 Å². The lowest BCUT2D eigenvalue weighted by molar-refractivity contribution is 0.578. The van der Waals surface area contributed by atoms with Crippen LogP contribution in [-0.2, 0) is 13.1 Å². The Balaban J connectivity index is 0.000000286. The predicted molar refractivity (Wildman–Crippen MR) is 296 cm³/mol. The number of fused-ring (bicyclic) bond motifs is 3. The zero-order chi connectivity index (χ0) is 47.9. The average molecular weight is 895 g/mol. The van der Waals surface area contributed by atoms with Crippen molar-refractivity contribution in [2.24, 2.45) is 9.98 Å². The van der Waals surface area contributed by atoms with Gasteiger partial charge in [-0.3, -0.25) is 9.98 Å². The van der Waals surface area contributed by atoms with Crippen LogP contribution >= 0.6 is 0 Å². The molecule has 0 bridgehead atoms. The second-order valence-electron chi connectivity index (χ2n) is 16.2. The summed E-state index contributed by atoms with van der Waals surface area (Å²) < 4.78 is 2.43.